The predicted octanol–water partition coefficient (Wildman–Crippen LogP) is 8.03. The summed E-state index contributed by atoms with van der Waals surface area (Å²) >= 11 is 0. The van der Waals surface area contributed by atoms with E-state index in [2.05, 4.69) is 0 Å². The third-order valence-electron chi connectivity index (χ3n) is 5.43. The Hall–Kier alpha value is -4.11. The van der Waals surface area contributed by atoms with Crippen LogP contribution in [0.25, 0.3) is 44.8 Å². The minimum Gasteiger partial charge on any atom is -0.248 e. The van der Waals surface area contributed by atoms with E-state index in [1.807, 2.05) is 78.9 Å². The van der Waals surface area contributed by atoms with Crippen LogP contribution < -0.4 is 0 Å². The van der Waals surface area contributed by atoms with E-state index in [0.717, 1.165) is 22.4 Å². The quantitative estimate of drug-likeness (QED) is 0.287. The summed E-state index contributed by atoms with van der Waals surface area (Å²) in [5, 5.41) is 0. The Kier molecular flexibility index (Phi) is 5.30. The maximum absolute atomic E-state index is 15.7. The van der Waals surface area contributed by atoms with Gasteiger partial charge in [-0.25, -0.2) is 13.8 Å². The number of aromatic nitrogens is 1. The molecule has 0 aliphatic rings. The highest BCUT2D eigenvalue weighted by atomic mass is 19.1. The number of pyridine rings is 1. The molecule has 4 aromatic carbocycles. The third-order valence-corrected chi connectivity index (χ3v) is 5.43. The molecule has 1 aromatic heterocycles. The monoisotopic (exact) mass is 419 g/mol. The average molecular weight is 419 g/mol. The smallest absolute Gasteiger partial charge is 0.143 e. The zero-order valence-corrected chi connectivity index (χ0v) is 17.2. The van der Waals surface area contributed by atoms with E-state index in [0.29, 0.717) is 11.3 Å². The van der Waals surface area contributed by atoms with Crippen molar-refractivity contribution in [2.24, 2.45) is 0 Å². The van der Waals surface area contributed by atoms with Crippen LogP contribution in [0.5, 0.6) is 0 Å². The van der Waals surface area contributed by atoms with Gasteiger partial charge >= 0.3 is 0 Å². The topological polar surface area (TPSA) is 12.9 Å². The molecule has 5 rings (SSSR count). The summed E-state index contributed by atoms with van der Waals surface area (Å²) in [6.45, 7) is 0. The molecule has 0 saturated heterocycles. The summed E-state index contributed by atoms with van der Waals surface area (Å²) in [4.78, 5) is 4.76. The highest BCUT2D eigenvalue weighted by molar-refractivity contribution is 5.79. The van der Waals surface area contributed by atoms with Crippen molar-refractivity contribution in [1.82, 2.24) is 4.98 Å². The molecule has 154 valence electrons. The highest BCUT2D eigenvalue weighted by Crippen LogP contribution is 2.35. The number of hydrogen-bond acceptors (Lipinski definition) is 1. The molecular formula is C29H19F2N. The Balaban J connectivity index is 1.73. The lowest BCUT2D eigenvalue weighted by molar-refractivity contribution is 0.591. The Morgan fingerprint density at radius 1 is 0.469 bits per heavy atom. The van der Waals surface area contributed by atoms with Crippen LogP contribution in [0.3, 0.4) is 0 Å². The van der Waals surface area contributed by atoms with Gasteiger partial charge in [0.2, 0.25) is 0 Å². The first-order valence-electron chi connectivity index (χ1n) is 10.4. The van der Waals surface area contributed by atoms with E-state index in [1.165, 1.54) is 12.1 Å². The van der Waals surface area contributed by atoms with Gasteiger partial charge in [0.25, 0.3) is 0 Å². The van der Waals surface area contributed by atoms with Crippen molar-refractivity contribution in [1.29, 1.82) is 0 Å². The number of hydrogen-bond donors (Lipinski definition) is 0. The maximum Gasteiger partial charge on any atom is 0.143 e. The van der Waals surface area contributed by atoms with E-state index in [9.17, 15) is 4.39 Å². The van der Waals surface area contributed by atoms with E-state index in [1.54, 1.807) is 24.3 Å². The van der Waals surface area contributed by atoms with E-state index >= 15 is 4.39 Å². The molecule has 0 atom stereocenters. The minimum atomic E-state index is -0.618. The summed E-state index contributed by atoms with van der Waals surface area (Å²) in [5.41, 5.74) is 4.74. The minimum absolute atomic E-state index is 0.0451. The van der Waals surface area contributed by atoms with Crippen molar-refractivity contribution in [3.05, 3.63) is 127 Å². The molecular weight excluding hydrogens is 400 g/mol. The van der Waals surface area contributed by atoms with Gasteiger partial charge in [-0.05, 0) is 41.0 Å². The Labute approximate surface area is 185 Å². The van der Waals surface area contributed by atoms with E-state index in [4.69, 9.17) is 4.98 Å². The molecule has 1 heterocycles. The first-order valence-corrected chi connectivity index (χ1v) is 10.4. The molecule has 0 fully saturated rings. The van der Waals surface area contributed by atoms with Gasteiger partial charge < -0.3 is 0 Å². The number of rotatable bonds is 4. The molecule has 0 amide bonds. The zero-order chi connectivity index (χ0) is 21.9. The van der Waals surface area contributed by atoms with Gasteiger partial charge in [0.15, 0.2) is 0 Å². The van der Waals surface area contributed by atoms with Crippen molar-refractivity contribution < 1.29 is 8.78 Å². The van der Waals surface area contributed by atoms with Gasteiger partial charge in [0, 0.05) is 11.1 Å². The number of nitrogens with zero attached hydrogens (tertiary/aromatic N) is 1. The van der Waals surface area contributed by atoms with Crippen molar-refractivity contribution in [3.8, 4) is 44.8 Å². The van der Waals surface area contributed by atoms with Gasteiger partial charge in [-0.3, -0.25) is 0 Å². The molecule has 32 heavy (non-hydrogen) atoms. The number of halogens is 2. The molecule has 0 spiro atoms. The predicted molar refractivity (Wildman–Crippen MR) is 126 cm³/mol. The second-order valence-corrected chi connectivity index (χ2v) is 7.51. The zero-order valence-electron chi connectivity index (χ0n) is 17.2. The lowest BCUT2D eigenvalue weighted by atomic mass is 9.97. The van der Waals surface area contributed by atoms with E-state index < -0.39 is 11.6 Å². The molecule has 0 radical (unpaired) electrons. The van der Waals surface area contributed by atoms with Gasteiger partial charge in [-0.2, -0.15) is 0 Å². The van der Waals surface area contributed by atoms with Crippen LogP contribution in [0.2, 0.25) is 0 Å². The third kappa shape index (κ3) is 3.81. The molecule has 0 unspecified atom stereocenters. The molecule has 0 N–H and O–H groups in total. The fourth-order valence-corrected chi connectivity index (χ4v) is 3.84. The molecule has 1 nitrogen and oxygen atoms in total. The van der Waals surface area contributed by atoms with Gasteiger partial charge in [-0.1, -0.05) is 91.0 Å². The summed E-state index contributed by atoms with van der Waals surface area (Å²) in [6.07, 6.45) is 0. The van der Waals surface area contributed by atoms with Gasteiger partial charge in [0.1, 0.15) is 11.6 Å². The Morgan fingerprint density at radius 2 is 1.00 bits per heavy atom. The Bertz CT molecular complexity index is 1310. The maximum atomic E-state index is 15.7. The normalized spacial score (nSPS) is 10.8. The number of benzene rings is 4. The fraction of sp³-hybridized carbons (Fsp3) is 0. The molecule has 0 bridgehead atoms. The first-order chi connectivity index (χ1) is 15.7. The first kappa shape index (κ1) is 19.8. The Morgan fingerprint density at radius 3 is 1.62 bits per heavy atom. The summed E-state index contributed by atoms with van der Waals surface area (Å²) in [7, 11) is 0. The van der Waals surface area contributed by atoms with Crippen LogP contribution in [-0.4, -0.2) is 4.98 Å². The average Bonchev–Trinajstić information content (AvgIpc) is 2.86. The highest BCUT2D eigenvalue weighted by Gasteiger charge is 2.18. The molecule has 5 aromatic rings. The largest absolute Gasteiger partial charge is 0.248 e. The summed E-state index contributed by atoms with van der Waals surface area (Å²) in [5.74, 6) is -1.21. The second-order valence-electron chi connectivity index (χ2n) is 7.51. The van der Waals surface area contributed by atoms with Gasteiger partial charge in [0.05, 0.1) is 17.0 Å². The van der Waals surface area contributed by atoms with Crippen LogP contribution in [0, 0.1) is 11.6 Å². The summed E-state index contributed by atoms with van der Waals surface area (Å²) in [6, 6.07) is 35.0. The summed E-state index contributed by atoms with van der Waals surface area (Å²) < 4.78 is 30.4. The fourth-order valence-electron chi connectivity index (χ4n) is 3.84. The van der Waals surface area contributed by atoms with Crippen molar-refractivity contribution in [3.63, 3.8) is 0 Å². The van der Waals surface area contributed by atoms with Crippen molar-refractivity contribution in [2.75, 3.05) is 0 Å². The second kappa shape index (κ2) is 8.56. The van der Waals surface area contributed by atoms with Crippen molar-refractivity contribution >= 4 is 0 Å². The van der Waals surface area contributed by atoms with Crippen molar-refractivity contribution in [2.45, 2.75) is 0 Å². The van der Waals surface area contributed by atoms with Crippen LogP contribution >= 0.6 is 0 Å². The molecule has 3 heteroatoms. The SMILES string of the molecule is Fc1ccc(-c2cc(-c3ccccc3)cc(-c3ccccc3)n2)c(F)c1-c1ccccc1. The lowest BCUT2D eigenvalue weighted by Crippen LogP contribution is -1.97. The van der Waals surface area contributed by atoms with Gasteiger partial charge in [-0.15, -0.1) is 0 Å². The van der Waals surface area contributed by atoms with Crippen LogP contribution in [0.1, 0.15) is 0 Å². The lowest BCUT2D eigenvalue weighted by Gasteiger charge is -2.13. The standard InChI is InChI=1S/C29H19F2N/c30-25-17-16-24(29(31)28(25)22-14-8-3-9-15-22)27-19-23(20-10-4-1-5-11-20)18-26(32-27)21-12-6-2-7-13-21/h1-19H. The van der Waals surface area contributed by atoms with E-state index in [-0.39, 0.29) is 11.1 Å². The molecule has 0 aliphatic heterocycles. The van der Waals surface area contributed by atoms with Crippen LogP contribution in [0.15, 0.2) is 115 Å². The molecule has 0 saturated carbocycles. The van der Waals surface area contributed by atoms with Crippen LogP contribution in [-0.2, 0) is 0 Å². The molecule has 0 aliphatic carbocycles. The van der Waals surface area contributed by atoms with Crippen LogP contribution in [0.4, 0.5) is 8.78 Å².